The predicted octanol–water partition coefficient (Wildman–Crippen LogP) is 2.35. The van der Waals surface area contributed by atoms with E-state index in [1.807, 2.05) is 30.3 Å². The Hall–Kier alpha value is -2.36. The number of benzene rings is 1. The van der Waals surface area contributed by atoms with Crippen molar-refractivity contribution in [3.63, 3.8) is 0 Å². The summed E-state index contributed by atoms with van der Waals surface area (Å²) >= 11 is 0. The van der Waals surface area contributed by atoms with Crippen molar-refractivity contribution in [1.82, 2.24) is 9.88 Å². The van der Waals surface area contributed by atoms with Gasteiger partial charge in [-0.2, -0.15) is 0 Å². The van der Waals surface area contributed by atoms with E-state index < -0.39 is 0 Å². The number of hydrogen-bond donors (Lipinski definition) is 1. The zero-order valence-corrected chi connectivity index (χ0v) is 12.3. The number of hydrogen-bond acceptors (Lipinski definition) is 2. The number of carbonyl (C=O) groups excluding carboxylic acids is 1. The lowest BCUT2D eigenvalue weighted by molar-refractivity contribution is 0.0950. The van der Waals surface area contributed by atoms with Crippen LogP contribution in [0.25, 0.3) is 11.1 Å². The minimum Gasteiger partial charge on any atom is -0.349 e. The van der Waals surface area contributed by atoms with Crippen LogP contribution in [-0.4, -0.2) is 16.5 Å². The Bertz CT molecular complexity index is 789. The third-order valence-corrected chi connectivity index (χ3v) is 4.44. The fourth-order valence-electron chi connectivity index (χ4n) is 3.19. The van der Waals surface area contributed by atoms with Gasteiger partial charge in [0.2, 0.25) is 0 Å². The summed E-state index contributed by atoms with van der Waals surface area (Å²) in [6, 6.07) is 11.6. The largest absolute Gasteiger partial charge is 0.349 e. The minimum atomic E-state index is -0.0352. The molecule has 0 bridgehead atoms. The van der Waals surface area contributed by atoms with Gasteiger partial charge in [-0.3, -0.25) is 9.59 Å². The molecule has 0 saturated heterocycles. The molecule has 4 heteroatoms. The lowest BCUT2D eigenvalue weighted by atomic mass is 9.97. The first-order valence-electron chi connectivity index (χ1n) is 7.87. The number of nitrogens with zero attached hydrogens (tertiary/aromatic N) is 1. The molecule has 1 aromatic carbocycles. The van der Waals surface area contributed by atoms with E-state index in [4.69, 9.17) is 0 Å². The van der Waals surface area contributed by atoms with Gasteiger partial charge in [0.1, 0.15) is 0 Å². The van der Waals surface area contributed by atoms with E-state index in [0.29, 0.717) is 18.2 Å². The SMILES string of the molecule is O=C(NC1CC1)c1c(-c2ccccc2)cc(=O)n2c1CCC2. The standard InChI is InChI=1S/C18H18N2O2/c21-16-11-14(12-5-2-1-3-6-12)17(15-7-4-10-20(15)16)18(22)19-13-8-9-13/h1-3,5-6,11,13H,4,7-10H2,(H,19,22). The van der Waals surface area contributed by atoms with Crippen LogP contribution in [0.5, 0.6) is 0 Å². The number of aromatic nitrogens is 1. The molecule has 4 rings (SSSR count). The lowest BCUT2D eigenvalue weighted by Crippen LogP contribution is -2.30. The van der Waals surface area contributed by atoms with Gasteiger partial charge in [-0.15, -0.1) is 0 Å². The number of rotatable bonds is 3. The Balaban J connectivity index is 1.91. The highest BCUT2D eigenvalue weighted by Crippen LogP contribution is 2.29. The van der Waals surface area contributed by atoms with Gasteiger partial charge in [0.05, 0.1) is 5.56 Å². The van der Waals surface area contributed by atoms with Gasteiger partial charge in [0.15, 0.2) is 0 Å². The summed E-state index contributed by atoms with van der Waals surface area (Å²) in [5, 5.41) is 3.08. The van der Waals surface area contributed by atoms with E-state index in [1.54, 1.807) is 10.6 Å². The summed E-state index contributed by atoms with van der Waals surface area (Å²) in [6.45, 7) is 0.715. The van der Waals surface area contributed by atoms with E-state index in [2.05, 4.69) is 5.32 Å². The van der Waals surface area contributed by atoms with E-state index in [0.717, 1.165) is 42.5 Å². The first kappa shape index (κ1) is 13.3. The smallest absolute Gasteiger partial charge is 0.253 e. The van der Waals surface area contributed by atoms with Gasteiger partial charge < -0.3 is 9.88 Å². The van der Waals surface area contributed by atoms with Crippen LogP contribution < -0.4 is 10.9 Å². The number of carbonyl (C=O) groups is 1. The summed E-state index contributed by atoms with van der Waals surface area (Å²) in [6.07, 6.45) is 3.84. The van der Waals surface area contributed by atoms with Crippen LogP contribution in [0.4, 0.5) is 0 Å². The second-order valence-electron chi connectivity index (χ2n) is 6.09. The zero-order chi connectivity index (χ0) is 15.1. The van der Waals surface area contributed by atoms with Crippen molar-refractivity contribution in [2.24, 2.45) is 0 Å². The molecule has 0 atom stereocenters. The molecular formula is C18H18N2O2. The van der Waals surface area contributed by atoms with E-state index in [1.165, 1.54) is 0 Å². The highest BCUT2D eigenvalue weighted by Gasteiger charge is 2.29. The molecule has 1 aromatic heterocycles. The van der Waals surface area contributed by atoms with Crippen molar-refractivity contribution >= 4 is 5.91 Å². The summed E-state index contributed by atoms with van der Waals surface area (Å²) in [7, 11) is 0. The van der Waals surface area contributed by atoms with Crippen LogP contribution in [0.2, 0.25) is 0 Å². The van der Waals surface area contributed by atoms with E-state index in [-0.39, 0.29) is 11.5 Å². The van der Waals surface area contributed by atoms with Crippen molar-refractivity contribution in [1.29, 1.82) is 0 Å². The predicted molar refractivity (Wildman–Crippen MR) is 84.9 cm³/mol. The molecule has 1 saturated carbocycles. The maximum Gasteiger partial charge on any atom is 0.253 e. The number of pyridine rings is 1. The zero-order valence-electron chi connectivity index (χ0n) is 12.3. The third kappa shape index (κ3) is 2.25. The molecule has 0 radical (unpaired) electrons. The van der Waals surface area contributed by atoms with Gasteiger partial charge in [0.25, 0.3) is 11.5 Å². The van der Waals surface area contributed by atoms with Gasteiger partial charge >= 0.3 is 0 Å². The lowest BCUT2D eigenvalue weighted by Gasteiger charge is -2.15. The number of fused-ring (bicyclic) bond motifs is 1. The second-order valence-corrected chi connectivity index (χ2v) is 6.09. The maximum absolute atomic E-state index is 12.7. The first-order valence-corrected chi connectivity index (χ1v) is 7.87. The average Bonchev–Trinajstić information content (AvgIpc) is 3.20. The van der Waals surface area contributed by atoms with Crippen molar-refractivity contribution in [3.8, 4) is 11.1 Å². The highest BCUT2D eigenvalue weighted by molar-refractivity contribution is 6.02. The van der Waals surface area contributed by atoms with Crippen molar-refractivity contribution < 1.29 is 4.79 Å². The van der Waals surface area contributed by atoms with Crippen LogP contribution in [0.15, 0.2) is 41.2 Å². The average molecular weight is 294 g/mol. The molecule has 1 aliphatic carbocycles. The Morgan fingerprint density at radius 1 is 1.18 bits per heavy atom. The Kier molecular flexibility index (Phi) is 3.10. The molecule has 2 heterocycles. The van der Waals surface area contributed by atoms with E-state index >= 15 is 0 Å². The van der Waals surface area contributed by atoms with Crippen LogP contribution in [-0.2, 0) is 13.0 Å². The van der Waals surface area contributed by atoms with Crippen LogP contribution in [0.1, 0.15) is 35.3 Å². The molecule has 22 heavy (non-hydrogen) atoms. The molecule has 4 nitrogen and oxygen atoms in total. The summed E-state index contributed by atoms with van der Waals surface area (Å²) < 4.78 is 1.76. The molecule has 1 amide bonds. The first-order chi connectivity index (χ1) is 10.7. The molecule has 1 aliphatic heterocycles. The maximum atomic E-state index is 12.7. The monoisotopic (exact) mass is 294 g/mol. The molecular weight excluding hydrogens is 276 g/mol. The molecule has 2 aromatic rings. The summed E-state index contributed by atoms with van der Waals surface area (Å²) in [5.74, 6) is -0.0352. The molecule has 1 fully saturated rings. The molecule has 0 unspecified atom stereocenters. The van der Waals surface area contributed by atoms with Crippen molar-refractivity contribution in [3.05, 3.63) is 58.0 Å². The molecule has 112 valence electrons. The summed E-state index contributed by atoms with van der Waals surface area (Å²) in [5.41, 5.74) is 3.27. The summed E-state index contributed by atoms with van der Waals surface area (Å²) in [4.78, 5) is 25.1. The van der Waals surface area contributed by atoms with Crippen LogP contribution >= 0.6 is 0 Å². The number of nitrogens with one attached hydrogen (secondary N) is 1. The highest BCUT2D eigenvalue weighted by atomic mass is 16.2. The quantitative estimate of drug-likeness (QED) is 0.944. The van der Waals surface area contributed by atoms with Crippen LogP contribution in [0.3, 0.4) is 0 Å². The van der Waals surface area contributed by atoms with E-state index in [9.17, 15) is 9.59 Å². The van der Waals surface area contributed by atoms with Crippen LogP contribution in [0, 0.1) is 0 Å². The fourth-order valence-corrected chi connectivity index (χ4v) is 3.19. The fraction of sp³-hybridized carbons (Fsp3) is 0.333. The van der Waals surface area contributed by atoms with Gasteiger partial charge in [-0.25, -0.2) is 0 Å². The Morgan fingerprint density at radius 3 is 2.68 bits per heavy atom. The minimum absolute atomic E-state index is 0.00525. The number of amides is 1. The Labute approximate surface area is 128 Å². The van der Waals surface area contributed by atoms with Crippen molar-refractivity contribution in [2.45, 2.75) is 38.3 Å². The van der Waals surface area contributed by atoms with Gasteiger partial charge in [-0.1, -0.05) is 30.3 Å². The third-order valence-electron chi connectivity index (χ3n) is 4.44. The Morgan fingerprint density at radius 2 is 1.95 bits per heavy atom. The molecule has 2 aliphatic rings. The molecule has 1 N–H and O–H groups in total. The van der Waals surface area contributed by atoms with Gasteiger partial charge in [0, 0.05) is 29.9 Å². The van der Waals surface area contributed by atoms with Crippen molar-refractivity contribution in [2.75, 3.05) is 0 Å². The molecule has 0 spiro atoms. The normalized spacial score (nSPS) is 16.4. The van der Waals surface area contributed by atoms with Gasteiger partial charge in [-0.05, 0) is 31.2 Å². The second kappa shape index (κ2) is 5.13. The topological polar surface area (TPSA) is 51.1 Å².